The molecule has 1 atom stereocenters. The van der Waals surface area contributed by atoms with Crippen molar-refractivity contribution in [2.75, 3.05) is 12.4 Å². The van der Waals surface area contributed by atoms with E-state index in [0.717, 1.165) is 17.7 Å². The average Bonchev–Trinajstić information content (AvgIpc) is 3.22. The summed E-state index contributed by atoms with van der Waals surface area (Å²) in [6, 6.07) is 14.7. The number of methoxy groups -OCH3 is 1. The zero-order chi connectivity index (χ0) is 20.8. The molecule has 0 spiro atoms. The summed E-state index contributed by atoms with van der Waals surface area (Å²) in [4.78, 5) is 29.1. The Labute approximate surface area is 173 Å². The van der Waals surface area contributed by atoms with Gasteiger partial charge in [-0.25, -0.2) is 9.78 Å². The second-order valence-corrected chi connectivity index (χ2v) is 7.22. The van der Waals surface area contributed by atoms with Crippen molar-refractivity contribution < 1.29 is 19.1 Å². The zero-order valence-corrected chi connectivity index (χ0v) is 17.3. The number of anilines is 1. The molecule has 150 valence electrons. The van der Waals surface area contributed by atoms with Crippen LogP contribution in [0.1, 0.15) is 29.8 Å². The van der Waals surface area contributed by atoms with Gasteiger partial charge in [0.15, 0.2) is 11.2 Å². The second-order valence-electron chi connectivity index (χ2n) is 6.36. The van der Waals surface area contributed by atoms with Crippen LogP contribution in [0.2, 0.25) is 0 Å². The molecule has 1 aromatic heterocycles. The van der Waals surface area contributed by atoms with E-state index >= 15 is 0 Å². The highest BCUT2D eigenvalue weighted by Gasteiger charge is 2.20. The third-order valence-electron chi connectivity index (χ3n) is 4.35. The van der Waals surface area contributed by atoms with Gasteiger partial charge in [-0.1, -0.05) is 37.3 Å². The third-order valence-corrected chi connectivity index (χ3v) is 5.11. The van der Waals surface area contributed by atoms with Crippen LogP contribution in [0, 0.1) is 0 Å². The SMILES string of the molecule is CCc1ccc(-c2csc(NC(=O)[C@@H](C)OC(=O)c3cccc(OC)c3)n2)cc1. The molecule has 0 fully saturated rings. The van der Waals surface area contributed by atoms with Crippen LogP contribution >= 0.6 is 11.3 Å². The van der Waals surface area contributed by atoms with Crippen LogP contribution in [0.3, 0.4) is 0 Å². The van der Waals surface area contributed by atoms with E-state index in [2.05, 4.69) is 29.4 Å². The normalized spacial score (nSPS) is 11.6. The molecular weight excluding hydrogens is 388 g/mol. The average molecular weight is 410 g/mol. The van der Waals surface area contributed by atoms with Crippen molar-refractivity contribution in [1.29, 1.82) is 0 Å². The van der Waals surface area contributed by atoms with Crippen molar-refractivity contribution in [2.24, 2.45) is 0 Å². The summed E-state index contributed by atoms with van der Waals surface area (Å²) in [7, 11) is 1.51. The molecule has 0 bridgehead atoms. The van der Waals surface area contributed by atoms with E-state index in [-0.39, 0.29) is 0 Å². The van der Waals surface area contributed by atoms with Gasteiger partial charge in [-0.15, -0.1) is 11.3 Å². The lowest BCUT2D eigenvalue weighted by molar-refractivity contribution is -0.123. The number of nitrogens with zero attached hydrogens (tertiary/aromatic N) is 1. The van der Waals surface area contributed by atoms with E-state index < -0.39 is 18.0 Å². The van der Waals surface area contributed by atoms with Gasteiger partial charge in [0.25, 0.3) is 5.91 Å². The van der Waals surface area contributed by atoms with Gasteiger partial charge in [0.2, 0.25) is 0 Å². The Balaban J connectivity index is 1.60. The number of carbonyl (C=O) groups excluding carboxylic acids is 2. The quantitative estimate of drug-likeness (QED) is 0.578. The maximum atomic E-state index is 12.4. The Hall–Kier alpha value is -3.19. The second kappa shape index (κ2) is 9.34. The summed E-state index contributed by atoms with van der Waals surface area (Å²) < 4.78 is 10.4. The number of carbonyl (C=O) groups is 2. The molecule has 1 heterocycles. The van der Waals surface area contributed by atoms with Crippen molar-refractivity contribution in [3.05, 3.63) is 65.0 Å². The lowest BCUT2D eigenvalue weighted by Crippen LogP contribution is -2.30. The lowest BCUT2D eigenvalue weighted by Gasteiger charge is -2.12. The summed E-state index contributed by atoms with van der Waals surface area (Å²) in [5.74, 6) is -0.496. The molecule has 0 radical (unpaired) electrons. The Morgan fingerprint density at radius 1 is 1.17 bits per heavy atom. The fraction of sp³-hybridized carbons (Fsp3) is 0.227. The van der Waals surface area contributed by atoms with Crippen LogP contribution < -0.4 is 10.1 Å². The number of hydrogen-bond acceptors (Lipinski definition) is 6. The van der Waals surface area contributed by atoms with Crippen molar-refractivity contribution in [3.63, 3.8) is 0 Å². The first-order valence-corrected chi connectivity index (χ1v) is 10.1. The number of aromatic nitrogens is 1. The van der Waals surface area contributed by atoms with E-state index in [1.54, 1.807) is 24.3 Å². The number of amides is 1. The zero-order valence-electron chi connectivity index (χ0n) is 16.5. The first kappa shape index (κ1) is 20.5. The Morgan fingerprint density at radius 3 is 2.62 bits per heavy atom. The van der Waals surface area contributed by atoms with Gasteiger partial charge in [0, 0.05) is 10.9 Å². The standard InChI is InChI=1S/C22H22N2O4S/c1-4-15-8-10-16(11-9-15)19-13-29-22(23-19)24-20(25)14(2)28-21(26)17-6-5-7-18(12-17)27-3/h5-14H,4H2,1-3H3,(H,23,24,25)/t14-/m1/s1. The summed E-state index contributed by atoms with van der Waals surface area (Å²) in [6.45, 7) is 3.62. The lowest BCUT2D eigenvalue weighted by atomic mass is 10.1. The monoisotopic (exact) mass is 410 g/mol. The largest absolute Gasteiger partial charge is 0.497 e. The van der Waals surface area contributed by atoms with Crippen molar-refractivity contribution in [3.8, 4) is 17.0 Å². The predicted molar refractivity (Wildman–Crippen MR) is 113 cm³/mol. The number of hydrogen-bond donors (Lipinski definition) is 1. The minimum absolute atomic E-state index is 0.316. The van der Waals surface area contributed by atoms with Crippen LogP contribution in [0.5, 0.6) is 5.75 Å². The van der Waals surface area contributed by atoms with Crippen LogP contribution in [-0.4, -0.2) is 30.1 Å². The topological polar surface area (TPSA) is 77.5 Å². The van der Waals surface area contributed by atoms with E-state index in [4.69, 9.17) is 9.47 Å². The maximum absolute atomic E-state index is 12.4. The molecule has 29 heavy (non-hydrogen) atoms. The molecule has 0 unspecified atom stereocenters. The highest BCUT2D eigenvalue weighted by atomic mass is 32.1. The van der Waals surface area contributed by atoms with Gasteiger partial charge in [-0.05, 0) is 37.1 Å². The number of aryl methyl sites for hydroxylation is 1. The predicted octanol–water partition coefficient (Wildman–Crippen LogP) is 4.57. The summed E-state index contributed by atoms with van der Waals surface area (Å²) >= 11 is 1.32. The fourth-order valence-electron chi connectivity index (χ4n) is 2.61. The van der Waals surface area contributed by atoms with Gasteiger partial charge in [0.05, 0.1) is 18.4 Å². The molecule has 0 aliphatic heterocycles. The number of benzene rings is 2. The van der Waals surface area contributed by atoms with E-state index in [1.165, 1.54) is 30.9 Å². The van der Waals surface area contributed by atoms with E-state index in [9.17, 15) is 9.59 Å². The molecule has 0 saturated heterocycles. The summed E-state index contributed by atoms with van der Waals surface area (Å²) in [5.41, 5.74) is 3.34. The smallest absolute Gasteiger partial charge is 0.339 e. The molecule has 0 aliphatic carbocycles. The molecule has 6 nitrogen and oxygen atoms in total. The minimum atomic E-state index is -0.968. The van der Waals surface area contributed by atoms with E-state index in [1.807, 2.05) is 17.5 Å². The number of rotatable bonds is 7. The maximum Gasteiger partial charge on any atom is 0.339 e. The van der Waals surface area contributed by atoms with Gasteiger partial charge in [-0.3, -0.25) is 10.1 Å². The van der Waals surface area contributed by atoms with Gasteiger partial charge in [-0.2, -0.15) is 0 Å². The molecule has 3 aromatic rings. The molecule has 0 saturated carbocycles. The van der Waals surface area contributed by atoms with Crippen molar-refractivity contribution >= 4 is 28.3 Å². The van der Waals surface area contributed by atoms with Crippen LogP contribution in [0.25, 0.3) is 11.3 Å². The van der Waals surface area contributed by atoms with Gasteiger partial charge in [0.1, 0.15) is 5.75 Å². The molecule has 0 aliphatic rings. The van der Waals surface area contributed by atoms with Crippen LogP contribution in [0.4, 0.5) is 5.13 Å². The molecule has 2 aromatic carbocycles. The Bertz CT molecular complexity index is 998. The Morgan fingerprint density at radius 2 is 1.93 bits per heavy atom. The third kappa shape index (κ3) is 5.20. The fourth-order valence-corrected chi connectivity index (χ4v) is 3.34. The summed E-state index contributed by atoms with van der Waals surface area (Å²) in [5, 5.41) is 5.03. The van der Waals surface area contributed by atoms with Crippen molar-refractivity contribution in [2.45, 2.75) is 26.4 Å². The molecule has 3 rings (SSSR count). The van der Waals surface area contributed by atoms with Gasteiger partial charge < -0.3 is 9.47 Å². The van der Waals surface area contributed by atoms with Crippen LogP contribution in [-0.2, 0) is 16.0 Å². The highest BCUT2D eigenvalue weighted by Crippen LogP contribution is 2.25. The molecular formula is C22H22N2O4S. The number of ether oxygens (including phenoxy) is 2. The van der Waals surface area contributed by atoms with Gasteiger partial charge >= 0.3 is 5.97 Å². The number of esters is 1. The first-order valence-electron chi connectivity index (χ1n) is 9.21. The molecule has 1 amide bonds. The minimum Gasteiger partial charge on any atom is -0.497 e. The summed E-state index contributed by atoms with van der Waals surface area (Å²) in [6.07, 6.45) is 0.00951. The number of nitrogens with one attached hydrogen (secondary N) is 1. The Kier molecular flexibility index (Phi) is 6.61. The first-order chi connectivity index (χ1) is 14.0. The molecule has 1 N–H and O–H groups in total. The van der Waals surface area contributed by atoms with E-state index in [0.29, 0.717) is 16.4 Å². The highest BCUT2D eigenvalue weighted by molar-refractivity contribution is 7.14. The number of thiazole rings is 1. The van der Waals surface area contributed by atoms with Crippen molar-refractivity contribution in [1.82, 2.24) is 4.98 Å². The molecule has 7 heteroatoms. The van der Waals surface area contributed by atoms with Crippen LogP contribution in [0.15, 0.2) is 53.9 Å².